The Morgan fingerprint density at radius 1 is 1.26 bits per heavy atom. The van der Waals surface area contributed by atoms with Crippen LogP contribution < -0.4 is 11.1 Å². The Morgan fingerprint density at radius 2 is 1.84 bits per heavy atom. The van der Waals surface area contributed by atoms with Crippen molar-refractivity contribution < 1.29 is 4.79 Å². The first kappa shape index (κ1) is 15.5. The highest BCUT2D eigenvalue weighted by molar-refractivity contribution is 5.84. The third-order valence-electron chi connectivity index (χ3n) is 4.22. The van der Waals surface area contributed by atoms with E-state index in [9.17, 15) is 4.79 Å². The van der Waals surface area contributed by atoms with E-state index in [1.54, 1.807) is 0 Å². The maximum Gasteiger partial charge on any atom is 0.227 e. The van der Waals surface area contributed by atoms with Gasteiger partial charge in [-0.2, -0.15) is 0 Å². The summed E-state index contributed by atoms with van der Waals surface area (Å²) < 4.78 is 0. The molecule has 0 aromatic heterocycles. The molecular formula is C16H26N2O. The molecule has 0 radical (unpaired) electrons. The van der Waals surface area contributed by atoms with Crippen molar-refractivity contribution in [3.8, 4) is 0 Å². The van der Waals surface area contributed by atoms with Crippen LogP contribution >= 0.6 is 0 Å². The van der Waals surface area contributed by atoms with Crippen LogP contribution in [-0.2, 0) is 4.79 Å². The van der Waals surface area contributed by atoms with E-state index in [0.29, 0.717) is 5.69 Å². The molecule has 0 aliphatic rings. The minimum absolute atomic E-state index is 0.0777. The molecule has 0 saturated heterocycles. The van der Waals surface area contributed by atoms with Crippen molar-refractivity contribution in [2.75, 3.05) is 5.73 Å². The van der Waals surface area contributed by atoms with Crippen LogP contribution in [0.3, 0.4) is 0 Å². The van der Waals surface area contributed by atoms with Gasteiger partial charge in [0.15, 0.2) is 0 Å². The summed E-state index contributed by atoms with van der Waals surface area (Å²) in [4.78, 5) is 12.4. The Bertz CT molecular complexity index is 416. The van der Waals surface area contributed by atoms with E-state index in [1.165, 1.54) is 0 Å². The van der Waals surface area contributed by atoms with Gasteiger partial charge < -0.3 is 11.1 Å². The first-order chi connectivity index (χ1) is 8.98. The lowest BCUT2D eigenvalue weighted by Crippen LogP contribution is -2.48. The summed E-state index contributed by atoms with van der Waals surface area (Å²) in [6.45, 7) is 8.30. The zero-order valence-corrected chi connectivity index (χ0v) is 12.5. The monoisotopic (exact) mass is 262 g/mol. The van der Waals surface area contributed by atoms with Crippen molar-refractivity contribution in [3.05, 3.63) is 29.8 Å². The van der Waals surface area contributed by atoms with Crippen LogP contribution in [0.2, 0.25) is 0 Å². The van der Waals surface area contributed by atoms with Gasteiger partial charge in [-0.1, -0.05) is 32.9 Å². The lowest BCUT2D eigenvalue weighted by molar-refractivity contribution is -0.124. The summed E-state index contributed by atoms with van der Waals surface area (Å²) >= 11 is 0. The molecule has 0 saturated carbocycles. The van der Waals surface area contributed by atoms with E-state index in [0.717, 1.165) is 24.8 Å². The average Bonchev–Trinajstić information content (AvgIpc) is 2.44. The first-order valence-electron chi connectivity index (χ1n) is 7.15. The lowest BCUT2D eigenvalue weighted by Gasteiger charge is -2.33. The first-order valence-corrected chi connectivity index (χ1v) is 7.15. The van der Waals surface area contributed by atoms with Crippen LogP contribution in [0.25, 0.3) is 0 Å². The summed E-state index contributed by atoms with van der Waals surface area (Å²) in [5.74, 6) is -0.0938. The molecule has 1 atom stereocenters. The van der Waals surface area contributed by atoms with Crippen LogP contribution in [0, 0.1) is 0 Å². The van der Waals surface area contributed by atoms with Gasteiger partial charge in [0.1, 0.15) is 0 Å². The molecule has 3 heteroatoms. The van der Waals surface area contributed by atoms with Crippen LogP contribution in [-0.4, -0.2) is 11.4 Å². The molecule has 0 bridgehead atoms. The normalized spacial score (nSPS) is 13.1. The van der Waals surface area contributed by atoms with Gasteiger partial charge in [0.2, 0.25) is 5.91 Å². The molecular weight excluding hydrogens is 236 g/mol. The third-order valence-corrected chi connectivity index (χ3v) is 4.22. The minimum atomic E-state index is -0.174. The molecule has 1 unspecified atom stereocenters. The van der Waals surface area contributed by atoms with Gasteiger partial charge >= 0.3 is 0 Å². The summed E-state index contributed by atoms with van der Waals surface area (Å²) in [6, 6.07) is 7.55. The zero-order chi connectivity index (χ0) is 14.5. The highest BCUT2D eigenvalue weighted by Gasteiger charge is 2.28. The highest BCUT2D eigenvalue weighted by atomic mass is 16.2. The Kier molecular flexibility index (Phi) is 5.40. The van der Waals surface area contributed by atoms with Gasteiger partial charge in [0.25, 0.3) is 0 Å². The number of nitrogens with two attached hydrogens (primary N) is 1. The van der Waals surface area contributed by atoms with Gasteiger partial charge in [0, 0.05) is 11.2 Å². The third kappa shape index (κ3) is 3.72. The number of nitrogens with one attached hydrogen (secondary N) is 1. The number of rotatable bonds is 6. The van der Waals surface area contributed by atoms with Crippen LogP contribution in [0.1, 0.15) is 58.4 Å². The number of nitrogen functional groups attached to an aromatic ring is 1. The van der Waals surface area contributed by atoms with E-state index in [-0.39, 0.29) is 17.4 Å². The van der Waals surface area contributed by atoms with Crippen LogP contribution in [0.4, 0.5) is 5.69 Å². The molecule has 1 rings (SSSR count). The van der Waals surface area contributed by atoms with Crippen LogP contribution in [0.5, 0.6) is 0 Å². The molecule has 0 aliphatic heterocycles. The van der Waals surface area contributed by atoms with E-state index < -0.39 is 0 Å². The lowest BCUT2D eigenvalue weighted by atomic mass is 9.88. The number of carbonyl (C=O) groups excluding carboxylic acids is 1. The van der Waals surface area contributed by atoms with Crippen molar-refractivity contribution >= 4 is 11.6 Å². The fourth-order valence-corrected chi connectivity index (χ4v) is 2.36. The number of carbonyl (C=O) groups is 1. The molecule has 0 spiro atoms. The maximum atomic E-state index is 12.4. The van der Waals surface area contributed by atoms with E-state index in [1.807, 2.05) is 31.2 Å². The SMILES string of the molecule is CCC(CC)(CC)NC(=O)C(C)c1cccc(N)c1. The van der Waals surface area contributed by atoms with Crippen molar-refractivity contribution in [1.29, 1.82) is 0 Å². The second-order valence-electron chi connectivity index (χ2n) is 5.22. The molecule has 3 N–H and O–H groups in total. The van der Waals surface area contributed by atoms with Gasteiger partial charge in [0.05, 0.1) is 5.92 Å². The van der Waals surface area contributed by atoms with E-state index >= 15 is 0 Å². The van der Waals surface area contributed by atoms with Crippen molar-refractivity contribution in [3.63, 3.8) is 0 Å². The fraction of sp³-hybridized carbons (Fsp3) is 0.562. The van der Waals surface area contributed by atoms with Crippen molar-refractivity contribution in [1.82, 2.24) is 5.32 Å². The number of hydrogen-bond acceptors (Lipinski definition) is 2. The number of amides is 1. The zero-order valence-electron chi connectivity index (χ0n) is 12.5. The van der Waals surface area contributed by atoms with Gasteiger partial charge in [-0.05, 0) is 43.9 Å². The predicted molar refractivity (Wildman–Crippen MR) is 81.0 cm³/mol. The summed E-state index contributed by atoms with van der Waals surface area (Å²) in [5, 5.41) is 3.22. The minimum Gasteiger partial charge on any atom is -0.399 e. The average molecular weight is 262 g/mol. The maximum absolute atomic E-state index is 12.4. The Balaban J connectivity index is 2.83. The molecule has 19 heavy (non-hydrogen) atoms. The number of anilines is 1. The van der Waals surface area contributed by atoms with Gasteiger partial charge in [-0.3, -0.25) is 4.79 Å². The predicted octanol–water partition coefficient (Wildman–Crippen LogP) is 3.46. The molecule has 1 aromatic carbocycles. The molecule has 3 nitrogen and oxygen atoms in total. The van der Waals surface area contributed by atoms with Gasteiger partial charge in [-0.25, -0.2) is 0 Å². The smallest absolute Gasteiger partial charge is 0.227 e. The quantitative estimate of drug-likeness (QED) is 0.771. The molecule has 0 aliphatic carbocycles. The highest BCUT2D eigenvalue weighted by Crippen LogP contribution is 2.23. The van der Waals surface area contributed by atoms with Crippen LogP contribution in [0.15, 0.2) is 24.3 Å². The van der Waals surface area contributed by atoms with E-state index in [4.69, 9.17) is 5.73 Å². The summed E-state index contributed by atoms with van der Waals surface area (Å²) in [6.07, 6.45) is 2.86. The largest absolute Gasteiger partial charge is 0.399 e. The van der Waals surface area contributed by atoms with Crippen molar-refractivity contribution in [2.24, 2.45) is 0 Å². The standard InChI is InChI=1S/C16H26N2O/c1-5-16(6-2,7-3)18-15(19)12(4)13-9-8-10-14(17)11-13/h8-12H,5-7,17H2,1-4H3,(H,18,19). The van der Waals surface area contributed by atoms with Crippen molar-refractivity contribution in [2.45, 2.75) is 58.4 Å². The molecule has 0 fully saturated rings. The molecule has 106 valence electrons. The molecule has 1 aromatic rings. The fourth-order valence-electron chi connectivity index (χ4n) is 2.36. The Hall–Kier alpha value is -1.51. The molecule has 0 heterocycles. The summed E-state index contributed by atoms with van der Waals surface area (Å²) in [7, 11) is 0. The summed E-state index contributed by atoms with van der Waals surface area (Å²) in [5.41, 5.74) is 7.36. The van der Waals surface area contributed by atoms with E-state index in [2.05, 4.69) is 26.1 Å². The second-order valence-corrected chi connectivity index (χ2v) is 5.22. The molecule has 1 amide bonds. The topological polar surface area (TPSA) is 55.1 Å². The Morgan fingerprint density at radius 3 is 2.32 bits per heavy atom. The van der Waals surface area contributed by atoms with Gasteiger partial charge in [-0.15, -0.1) is 0 Å². The number of benzene rings is 1. The second kappa shape index (κ2) is 6.60. The number of hydrogen-bond donors (Lipinski definition) is 2. The Labute approximate surface area is 116 Å².